The highest BCUT2D eigenvalue weighted by atomic mass is 127. The zero-order chi connectivity index (χ0) is 13.8. The summed E-state index contributed by atoms with van der Waals surface area (Å²) in [5.74, 6) is 0. The first-order valence-electron chi connectivity index (χ1n) is 6.00. The van der Waals surface area contributed by atoms with Crippen LogP contribution in [0.5, 0.6) is 0 Å². The molecule has 1 rings (SSSR count). The van der Waals surface area contributed by atoms with Gasteiger partial charge in [-0.25, -0.2) is 13.4 Å². The summed E-state index contributed by atoms with van der Waals surface area (Å²) in [6, 6.07) is 5.23. The lowest BCUT2D eigenvalue weighted by Gasteiger charge is -2.19. The van der Waals surface area contributed by atoms with Crippen LogP contribution in [0.2, 0.25) is 0 Å². The fraction of sp³-hybridized carbons (Fsp3) is 0.500. The normalized spacial score (nSPS) is 12.1. The van der Waals surface area contributed by atoms with Crippen molar-refractivity contribution in [3.05, 3.63) is 27.3 Å². The van der Waals surface area contributed by atoms with Crippen molar-refractivity contribution in [2.45, 2.75) is 32.1 Å². The van der Waals surface area contributed by atoms with Crippen LogP contribution in [-0.2, 0) is 16.4 Å². The lowest BCUT2D eigenvalue weighted by Crippen LogP contribution is -2.41. The Balaban J connectivity index is 3.05. The molecule has 0 aliphatic rings. The number of aryl methyl sites for hydroxylation is 1. The number of nitrogens with zero attached hydrogens (tertiary/aromatic N) is 1. The van der Waals surface area contributed by atoms with Gasteiger partial charge < -0.3 is 0 Å². The molecule has 0 atom stereocenters. The molecule has 4 nitrogen and oxygen atoms in total. The van der Waals surface area contributed by atoms with E-state index in [1.165, 1.54) is 0 Å². The molecule has 6 heteroatoms. The lowest BCUT2D eigenvalue weighted by molar-refractivity contribution is 0.268. The van der Waals surface area contributed by atoms with E-state index in [2.05, 4.69) is 27.4 Å². The van der Waals surface area contributed by atoms with Crippen LogP contribution < -0.4 is 4.83 Å². The molecule has 1 aromatic carbocycles. The third-order valence-electron chi connectivity index (χ3n) is 2.72. The lowest BCUT2D eigenvalue weighted by atomic mass is 10.2. The Bertz CT molecular complexity index is 499. The molecular formula is C12H19IN2O2S. The summed E-state index contributed by atoms with van der Waals surface area (Å²) in [5.41, 5.74) is 1.05. The quantitative estimate of drug-likeness (QED) is 0.607. The predicted molar refractivity (Wildman–Crippen MR) is 81.8 cm³/mol. The van der Waals surface area contributed by atoms with Crippen molar-refractivity contribution < 1.29 is 8.42 Å². The van der Waals surface area contributed by atoms with Gasteiger partial charge in [-0.05, 0) is 52.8 Å². The molecule has 0 heterocycles. The van der Waals surface area contributed by atoms with Gasteiger partial charge >= 0.3 is 0 Å². The van der Waals surface area contributed by atoms with Crippen molar-refractivity contribution in [3.8, 4) is 0 Å². The van der Waals surface area contributed by atoms with E-state index in [0.29, 0.717) is 18.0 Å². The maximum absolute atomic E-state index is 12.2. The van der Waals surface area contributed by atoms with E-state index in [9.17, 15) is 8.42 Å². The van der Waals surface area contributed by atoms with Gasteiger partial charge in [0.05, 0.1) is 4.90 Å². The van der Waals surface area contributed by atoms with Gasteiger partial charge in [0.2, 0.25) is 0 Å². The Morgan fingerprint density at radius 3 is 2.33 bits per heavy atom. The minimum Gasteiger partial charge on any atom is -0.231 e. The Hall–Kier alpha value is -0.180. The minimum absolute atomic E-state index is 0.326. The zero-order valence-electron chi connectivity index (χ0n) is 10.9. The summed E-state index contributed by atoms with van der Waals surface area (Å²) >= 11 is 2.22. The first-order valence-corrected chi connectivity index (χ1v) is 8.56. The van der Waals surface area contributed by atoms with Crippen LogP contribution in [0.15, 0.2) is 23.1 Å². The number of halogens is 1. The molecule has 0 radical (unpaired) electrons. The summed E-state index contributed by atoms with van der Waals surface area (Å²) in [4.78, 5) is 2.91. The second kappa shape index (κ2) is 6.83. The van der Waals surface area contributed by atoms with Crippen LogP contribution in [0.4, 0.5) is 0 Å². The topological polar surface area (TPSA) is 49.4 Å². The Morgan fingerprint density at radius 2 is 1.83 bits per heavy atom. The third kappa shape index (κ3) is 3.91. The fourth-order valence-electron chi connectivity index (χ4n) is 1.56. The number of hydrogen-bond donors (Lipinski definition) is 1. The first-order chi connectivity index (χ1) is 8.44. The van der Waals surface area contributed by atoms with Gasteiger partial charge in [-0.2, -0.15) is 0 Å². The van der Waals surface area contributed by atoms with Crippen LogP contribution in [0.25, 0.3) is 0 Å². The van der Waals surface area contributed by atoms with E-state index in [0.717, 1.165) is 15.6 Å². The van der Waals surface area contributed by atoms with Gasteiger partial charge in [0.15, 0.2) is 0 Å². The molecule has 0 unspecified atom stereocenters. The molecule has 0 bridgehead atoms. The zero-order valence-corrected chi connectivity index (χ0v) is 13.9. The van der Waals surface area contributed by atoms with Gasteiger partial charge in [-0.1, -0.05) is 20.8 Å². The third-order valence-corrected chi connectivity index (χ3v) is 5.15. The van der Waals surface area contributed by atoms with E-state index >= 15 is 0 Å². The number of nitrogens with one attached hydrogen (secondary N) is 1. The van der Waals surface area contributed by atoms with Crippen molar-refractivity contribution in [1.29, 1.82) is 0 Å². The SMILES string of the molecule is CCc1cc(S(=O)(=O)NN(CC)CC)ccc1I. The summed E-state index contributed by atoms with van der Waals surface area (Å²) in [6.07, 6.45) is 0.826. The molecule has 0 saturated carbocycles. The van der Waals surface area contributed by atoms with E-state index in [-0.39, 0.29) is 0 Å². The highest BCUT2D eigenvalue weighted by molar-refractivity contribution is 14.1. The highest BCUT2D eigenvalue weighted by Crippen LogP contribution is 2.18. The molecular weight excluding hydrogens is 363 g/mol. The monoisotopic (exact) mass is 382 g/mol. The maximum Gasteiger partial charge on any atom is 0.253 e. The second-order valence-electron chi connectivity index (χ2n) is 3.87. The van der Waals surface area contributed by atoms with Gasteiger partial charge in [0.1, 0.15) is 0 Å². The molecule has 18 heavy (non-hydrogen) atoms. The van der Waals surface area contributed by atoms with Gasteiger partial charge in [-0.15, -0.1) is 4.83 Å². The van der Waals surface area contributed by atoms with Crippen molar-refractivity contribution in [3.63, 3.8) is 0 Å². The summed E-state index contributed by atoms with van der Waals surface area (Å²) in [6.45, 7) is 7.13. The predicted octanol–water partition coefficient (Wildman–Crippen LogP) is 2.39. The van der Waals surface area contributed by atoms with E-state index in [4.69, 9.17) is 0 Å². The summed E-state index contributed by atoms with van der Waals surface area (Å²) in [7, 11) is -3.46. The van der Waals surface area contributed by atoms with Crippen LogP contribution in [0, 0.1) is 3.57 Å². The molecule has 0 amide bonds. The van der Waals surface area contributed by atoms with Crippen molar-refractivity contribution in [2.75, 3.05) is 13.1 Å². The minimum atomic E-state index is -3.46. The largest absolute Gasteiger partial charge is 0.253 e. The van der Waals surface area contributed by atoms with Crippen molar-refractivity contribution >= 4 is 32.6 Å². The van der Waals surface area contributed by atoms with E-state index in [1.807, 2.05) is 26.8 Å². The first kappa shape index (κ1) is 15.9. The Morgan fingerprint density at radius 1 is 1.22 bits per heavy atom. The maximum atomic E-state index is 12.2. The number of sulfonamides is 1. The average molecular weight is 382 g/mol. The molecule has 1 aromatic rings. The second-order valence-corrected chi connectivity index (χ2v) is 6.70. The van der Waals surface area contributed by atoms with Gasteiger partial charge in [0, 0.05) is 16.7 Å². The van der Waals surface area contributed by atoms with Crippen LogP contribution in [-0.4, -0.2) is 26.5 Å². The van der Waals surface area contributed by atoms with Crippen LogP contribution >= 0.6 is 22.6 Å². The van der Waals surface area contributed by atoms with Gasteiger partial charge in [-0.3, -0.25) is 0 Å². The smallest absolute Gasteiger partial charge is 0.231 e. The molecule has 0 aliphatic carbocycles. The van der Waals surface area contributed by atoms with Crippen LogP contribution in [0.1, 0.15) is 26.3 Å². The summed E-state index contributed by atoms with van der Waals surface area (Å²) in [5, 5.41) is 1.67. The Kier molecular flexibility index (Phi) is 6.03. The molecule has 0 aromatic heterocycles. The number of rotatable bonds is 6. The number of hydrazine groups is 1. The fourth-order valence-corrected chi connectivity index (χ4v) is 3.53. The molecule has 0 saturated heterocycles. The number of hydrogen-bond acceptors (Lipinski definition) is 3. The molecule has 0 spiro atoms. The molecule has 102 valence electrons. The average Bonchev–Trinajstić information content (AvgIpc) is 2.36. The standard InChI is InChI=1S/C12H19IN2O2S/c1-4-10-9-11(7-8-12(10)13)18(16,17)14-15(5-2)6-3/h7-9,14H,4-6H2,1-3H3. The molecule has 0 fully saturated rings. The van der Waals surface area contributed by atoms with Crippen molar-refractivity contribution in [1.82, 2.24) is 9.84 Å². The van der Waals surface area contributed by atoms with Crippen molar-refractivity contribution in [2.24, 2.45) is 0 Å². The highest BCUT2D eigenvalue weighted by Gasteiger charge is 2.17. The van der Waals surface area contributed by atoms with Crippen LogP contribution in [0.3, 0.4) is 0 Å². The Labute approximate surface area is 123 Å². The molecule has 1 N–H and O–H groups in total. The van der Waals surface area contributed by atoms with E-state index < -0.39 is 10.0 Å². The summed E-state index contributed by atoms with van der Waals surface area (Å²) < 4.78 is 25.5. The van der Waals surface area contributed by atoms with Gasteiger partial charge in [0.25, 0.3) is 10.0 Å². The molecule has 0 aliphatic heterocycles. The number of benzene rings is 1. The van der Waals surface area contributed by atoms with E-state index in [1.54, 1.807) is 17.1 Å².